The summed E-state index contributed by atoms with van der Waals surface area (Å²) in [4.78, 5) is 26.0. The molecule has 2 aromatic carbocycles. The fourth-order valence-electron chi connectivity index (χ4n) is 3.17. The summed E-state index contributed by atoms with van der Waals surface area (Å²) in [5.41, 5.74) is 0.618. The quantitative estimate of drug-likeness (QED) is 0.689. The molecule has 0 aromatic heterocycles. The van der Waals surface area contributed by atoms with E-state index in [1.807, 2.05) is 0 Å². The summed E-state index contributed by atoms with van der Waals surface area (Å²) >= 11 is 0. The Bertz CT molecular complexity index is 982. The summed E-state index contributed by atoms with van der Waals surface area (Å²) in [6, 6.07) is 9.88. The molecule has 3 rings (SSSR count). The van der Waals surface area contributed by atoms with Crippen LogP contribution in [0, 0.1) is 0 Å². The Kier molecular flexibility index (Phi) is 6.66. The van der Waals surface area contributed by atoms with Crippen molar-refractivity contribution < 1.29 is 32.2 Å². The van der Waals surface area contributed by atoms with Crippen molar-refractivity contribution in [2.45, 2.75) is 45.7 Å². The molecule has 0 fully saturated rings. The van der Waals surface area contributed by atoms with E-state index in [4.69, 9.17) is 9.47 Å². The largest absolute Gasteiger partial charge is 0.489 e. The molecule has 0 bridgehead atoms. The van der Waals surface area contributed by atoms with E-state index in [2.05, 4.69) is 5.32 Å². The van der Waals surface area contributed by atoms with Gasteiger partial charge in [-0.1, -0.05) is 18.2 Å². The highest BCUT2D eigenvalue weighted by Gasteiger charge is 2.30. The minimum Gasteiger partial charge on any atom is -0.489 e. The lowest BCUT2D eigenvalue weighted by molar-refractivity contribution is -0.137. The summed E-state index contributed by atoms with van der Waals surface area (Å²) < 4.78 is 48.8. The fraction of sp³-hybridized carbons (Fsp3) is 0.391. The van der Waals surface area contributed by atoms with Gasteiger partial charge in [-0.15, -0.1) is 0 Å². The van der Waals surface area contributed by atoms with Crippen molar-refractivity contribution in [2.24, 2.45) is 0 Å². The van der Waals surface area contributed by atoms with Gasteiger partial charge >= 0.3 is 12.3 Å². The van der Waals surface area contributed by atoms with Gasteiger partial charge in [0.1, 0.15) is 18.0 Å². The number of alkyl halides is 3. The molecule has 0 atom stereocenters. The summed E-state index contributed by atoms with van der Waals surface area (Å²) in [5.74, 6) is 0.275. The van der Waals surface area contributed by atoms with Crippen LogP contribution in [0.2, 0.25) is 0 Å². The number of carbonyl (C=O) groups excluding carboxylic acids is 2. The molecule has 2 aromatic rings. The smallest absolute Gasteiger partial charge is 0.416 e. The molecular formula is C23H25F3N2O4. The molecule has 0 saturated carbocycles. The zero-order valence-electron chi connectivity index (χ0n) is 18.1. The number of amides is 2. The van der Waals surface area contributed by atoms with Crippen LogP contribution in [-0.2, 0) is 24.1 Å². The maximum Gasteiger partial charge on any atom is 0.416 e. The molecule has 0 unspecified atom stereocenters. The molecule has 32 heavy (non-hydrogen) atoms. The zero-order valence-corrected chi connectivity index (χ0v) is 18.1. The number of rotatable bonds is 6. The fourth-order valence-corrected chi connectivity index (χ4v) is 3.17. The number of fused-ring (bicyclic) bond motifs is 1. The van der Waals surface area contributed by atoms with Gasteiger partial charge in [-0.3, -0.25) is 4.79 Å². The van der Waals surface area contributed by atoms with Crippen molar-refractivity contribution in [1.29, 1.82) is 0 Å². The van der Waals surface area contributed by atoms with Crippen molar-refractivity contribution in [3.8, 4) is 5.75 Å². The highest BCUT2D eigenvalue weighted by Crippen LogP contribution is 2.30. The lowest BCUT2D eigenvalue weighted by Crippen LogP contribution is -2.38. The van der Waals surface area contributed by atoms with Gasteiger partial charge in [-0.2, -0.15) is 13.2 Å². The minimum absolute atomic E-state index is 0.0780. The molecule has 1 heterocycles. The maximum atomic E-state index is 12.7. The van der Waals surface area contributed by atoms with Crippen molar-refractivity contribution in [1.82, 2.24) is 10.2 Å². The van der Waals surface area contributed by atoms with Crippen LogP contribution < -0.4 is 10.1 Å². The lowest BCUT2D eigenvalue weighted by Gasteiger charge is -2.21. The number of alkyl carbamates (subject to hydrolysis) is 1. The Morgan fingerprint density at radius 1 is 1.09 bits per heavy atom. The van der Waals surface area contributed by atoms with E-state index in [0.717, 1.165) is 17.7 Å². The Labute approximate surface area is 184 Å². The van der Waals surface area contributed by atoms with Crippen molar-refractivity contribution >= 4 is 12.0 Å². The highest BCUT2D eigenvalue weighted by molar-refractivity contribution is 5.98. The molecule has 172 valence electrons. The molecule has 1 aliphatic rings. The third-order valence-electron chi connectivity index (χ3n) is 4.70. The third-order valence-corrected chi connectivity index (χ3v) is 4.70. The Balaban J connectivity index is 1.53. The Hall–Kier alpha value is -3.23. The SMILES string of the molecule is CC(C)(C)OC(=O)NCCN1Cc2ccc(OCc3ccc(C(F)(F)F)cc3)cc2C1=O. The van der Waals surface area contributed by atoms with Gasteiger partial charge in [-0.25, -0.2) is 4.79 Å². The van der Waals surface area contributed by atoms with E-state index in [9.17, 15) is 22.8 Å². The van der Waals surface area contributed by atoms with Crippen LogP contribution >= 0.6 is 0 Å². The van der Waals surface area contributed by atoms with Crippen LogP contribution in [0.25, 0.3) is 0 Å². The van der Waals surface area contributed by atoms with E-state index < -0.39 is 23.4 Å². The van der Waals surface area contributed by atoms with Crippen LogP contribution in [0.4, 0.5) is 18.0 Å². The van der Waals surface area contributed by atoms with Crippen LogP contribution in [0.5, 0.6) is 5.75 Å². The molecule has 9 heteroatoms. The van der Waals surface area contributed by atoms with E-state index in [0.29, 0.717) is 30.0 Å². The van der Waals surface area contributed by atoms with Crippen LogP contribution in [-0.4, -0.2) is 35.6 Å². The predicted octanol–water partition coefficient (Wildman–Crippen LogP) is 4.76. The highest BCUT2D eigenvalue weighted by atomic mass is 19.4. The lowest BCUT2D eigenvalue weighted by atomic mass is 10.1. The third kappa shape index (κ3) is 6.15. The van der Waals surface area contributed by atoms with Gasteiger partial charge in [-0.05, 0) is 56.2 Å². The van der Waals surface area contributed by atoms with E-state index in [-0.39, 0.29) is 19.1 Å². The second-order valence-corrected chi connectivity index (χ2v) is 8.46. The number of ether oxygens (including phenoxy) is 2. The summed E-state index contributed by atoms with van der Waals surface area (Å²) in [5, 5.41) is 2.63. The first-order chi connectivity index (χ1) is 14.9. The number of hydrogen-bond donors (Lipinski definition) is 1. The van der Waals surface area contributed by atoms with Crippen molar-refractivity contribution in [2.75, 3.05) is 13.1 Å². The molecule has 6 nitrogen and oxygen atoms in total. The van der Waals surface area contributed by atoms with Crippen LogP contribution in [0.1, 0.15) is 47.8 Å². The second-order valence-electron chi connectivity index (χ2n) is 8.46. The van der Waals surface area contributed by atoms with E-state index in [1.54, 1.807) is 43.9 Å². The molecule has 0 spiro atoms. The number of nitrogens with one attached hydrogen (secondary N) is 1. The van der Waals surface area contributed by atoms with Gasteiger partial charge in [0.05, 0.1) is 5.56 Å². The average Bonchev–Trinajstić information content (AvgIpc) is 3.00. The topological polar surface area (TPSA) is 67.9 Å². The first-order valence-corrected chi connectivity index (χ1v) is 10.1. The van der Waals surface area contributed by atoms with Gasteiger partial charge in [0.2, 0.25) is 0 Å². The summed E-state index contributed by atoms with van der Waals surface area (Å²) in [6.45, 7) is 6.39. The molecule has 0 aliphatic carbocycles. The minimum atomic E-state index is -4.38. The van der Waals surface area contributed by atoms with Gasteiger partial charge < -0.3 is 19.7 Å². The van der Waals surface area contributed by atoms with E-state index in [1.165, 1.54) is 12.1 Å². The number of nitrogens with zero attached hydrogens (tertiary/aromatic N) is 1. The molecule has 0 saturated heterocycles. The van der Waals surface area contributed by atoms with E-state index >= 15 is 0 Å². The number of hydrogen-bond acceptors (Lipinski definition) is 4. The van der Waals surface area contributed by atoms with Gasteiger partial charge in [0.15, 0.2) is 0 Å². The van der Waals surface area contributed by atoms with Gasteiger partial charge in [0, 0.05) is 25.2 Å². The summed E-state index contributed by atoms with van der Waals surface area (Å²) in [6.07, 6.45) is -4.92. The Morgan fingerprint density at radius 3 is 2.41 bits per heavy atom. The second kappa shape index (κ2) is 9.10. The zero-order chi connectivity index (χ0) is 23.5. The van der Waals surface area contributed by atoms with Crippen molar-refractivity contribution in [3.05, 3.63) is 64.7 Å². The van der Waals surface area contributed by atoms with Crippen LogP contribution in [0.15, 0.2) is 42.5 Å². The molecule has 2 amide bonds. The monoisotopic (exact) mass is 450 g/mol. The number of carbonyl (C=O) groups is 2. The van der Waals surface area contributed by atoms with Crippen LogP contribution in [0.3, 0.4) is 0 Å². The first kappa shape index (κ1) is 23.4. The molecule has 1 N–H and O–H groups in total. The average molecular weight is 450 g/mol. The molecular weight excluding hydrogens is 425 g/mol. The maximum absolute atomic E-state index is 12.7. The predicted molar refractivity (Wildman–Crippen MR) is 111 cm³/mol. The Morgan fingerprint density at radius 2 is 1.78 bits per heavy atom. The number of halogens is 3. The summed E-state index contributed by atoms with van der Waals surface area (Å²) in [7, 11) is 0. The van der Waals surface area contributed by atoms with Gasteiger partial charge in [0.25, 0.3) is 5.91 Å². The molecule has 0 radical (unpaired) electrons. The standard InChI is InChI=1S/C23H25F3N2O4/c1-22(2,3)32-21(30)27-10-11-28-13-16-6-9-18(12-19(16)20(28)29)31-14-15-4-7-17(8-5-15)23(24,25)26/h4-9,12H,10-11,13-14H2,1-3H3,(H,27,30). The first-order valence-electron chi connectivity index (χ1n) is 10.1. The normalized spacial score (nSPS) is 13.7. The molecule has 1 aliphatic heterocycles. The van der Waals surface area contributed by atoms with Crippen molar-refractivity contribution in [3.63, 3.8) is 0 Å². The number of benzene rings is 2.